The lowest BCUT2D eigenvalue weighted by atomic mass is 10.7. The second-order valence-corrected chi connectivity index (χ2v) is 2.00. The fraction of sp³-hybridized carbons (Fsp3) is 0.600. The standard InChI is InChI=1S/C5H5F3N2O2/c6-5(7,8)3(11)12-4-9-1-2-10-4/h1-2H2,(H,9,10). The molecule has 0 saturated heterocycles. The van der Waals surface area contributed by atoms with Crippen LogP contribution in [0.3, 0.4) is 0 Å². The van der Waals surface area contributed by atoms with Crippen LogP contribution in [-0.4, -0.2) is 31.3 Å². The third-order valence-electron chi connectivity index (χ3n) is 1.06. The quantitative estimate of drug-likeness (QED) is 0.538. The Labute approximate surface area is 65.4 Å². The maximum Gasteiger partial charge on any atom is 0.491 e. The van der Waals surface area contributed by atoms with Gasteiger partial charge in [-0.3, -0.25) is 0 Å². The first-order chi connectivity index (χ1) is 5.50. The molecule has 0 spiro atoms. The molecule has 0 aromatic carbocycles. The van der Waals surface area contributed by atoms with Crippen molar-refractivity contribution in [1.82, 2.24) is 5.32 Å². The summed E-state index contributed by atoms with van der Waals surface area (Å²) < 4.78 is 38.5. The minimum atomic E-state index is -4.97. The van der Waals surface area contributed by atoms with Crippen molar-refractivity contribution in [2.45, 2.75) is 6.18 Å². The lowest BCUT2D eigenvalue weighted by molar-refractivity contribution is -0.191. The molecule has 68 valence electrons. The van der Waals surface area contributed by atoms with Crippen molar-refractivity contribution in [3.8, 4) is 0 Å². The molecule has 0 aromatic heterocycles. The van der Waals surface area contributed by atoms with E-state index in [0.717, 1.165) is 0 Å². The van der Waals surface area contributed by atoms with E-state index in [1.165, 1.54) is 0 Å². The van der Waals surface area contributed by atoms with Crippen LogP contribution in [0.5, 0.6) is 0 Å². The minimum Gasteiger partial charge on any atom is -0.386 e. The fourth-order valence-electron chi connectivity index (χ4n) is 0.590. The Hall–Kier alpha value is -1.27. The van der Waals surface area contributed by atoms with E-state index in [1.54, 1.807) is 0 Å². The van der Waals surface area contributed by atoms with Gasteiger partial charge in [0.05, 0.1) is 6.54 Å². The SMILES string of the molecule is O=C(OC1=NCCN1)C(F)(F)F. The number of alkyl halides is 3. The van der Waals surface area contributed by atoms with Crippen molar-refractivity contribution in [2.75, 3.05) is 13.1 Å². The highest BCUT2D eigenvalue weighted by Crippen LogP contribution is 2.16. The third kappa shape index (κ3) is 2.11. The maximum atomic E-state index is 11.5. The molecule has 1 rings (SSSR count). The van der Waals surface area contributed by atoms with Crippen LogP contribution in [-0.2, 0) is 9.53 Å². The maximum absolute atomic E-state index is 11.5. The number of nitrogens with one attached hydrogen (secondary N) is 1. The van der Waals surface area contributed by atoms with Gasteiger partial charge in [0.25, 0.3) is 6.02 Å². The number of carbonyl (C=O) groups is 1. The summed E-state index contributed by atoms with van der Waals surface area (Å²) in [5, 5.41) is 2.37. The van der Waals surface area contributed by atoms with E-state index < -0.39 is 12.1 Å². The van der Waals surface area contributed by atoms with Gasteiger partial charge >= 0.3 is 12.1 Å². The zero-order chi connectivity index (χ0) is 9.19. The highest BCUT2D eigenvalue weighted by molar-refractivity contribution is 5.90. The summed E-state index contributed by atoms with van der Waals surface area (Å²) in [6, 6.07) is -0.364. The summed E-state index contributed by atoms with van der Waals surface area (Å²) in [6.45, 7) is 0.709. The van der Waals surface area contributed by atoms with Crippen LogP contribution < -0.4 is 5.32 Å². The Bertz CT molecular complexity index is 223. The molecule has 1 heterocycles. The number of ether oxygens (including phenoxy) is 1. The number of esters is 1. The molecule has 0 amide bonds. The molecule has 0 unspecified atom stereocenters. The number of aliphatic imine (C=N–C) groups is 1. The van der Waals surface area contributed by atoms with Crippen LogP contribution >= 0.6 is 0 Å². The monoisotopic (exact) mass is 182 g/mol. The van der Waals surface area contributed by atoms with E-state index in [9.17, 15) is 18.0 Å². The smallest absolute Gasteiger partial charge is 0.386 e. The van der Waals surface area contributed by atoms with E-state index in [4.69, 9.17) is 0 Å². The molecule has 1 aliphatic rings. The molecule has 0 aliphatic carbocycles. The van der Waals surface area contributed by atoms with Gasteiger partial charge in [-0.15, -0.1) is 0 Å². The molecule has 0 bridgehead atoms. The zero-order valence-corrected chi connectivity index (χ0v) is 5.81. The summed E-state index contributed by atoms with van der Waals surface area (Å²) in [5.41, 5.74) is 0. The summed E-state index contributed by atoms with van der Waals surface area (Å²) in [7, 11) is 0. The topological polar surface area (TPSA) is 50.7 Å². The second kappa shape index (κ2) is 3.00. The predicted octanol–water partition coefficient (Wildman–Crippen LogP) is 0.0511. The summed E-state index contributed by atoms with van der Waals surface area (Å²) in [6.07, 6.45) is -4.97. The number of hydrogen-bond donors (Lipinski definition) is 1. The van der Waals surface area contributed by atoms with Gasteiger partial charge in [0.15, 0.2) is 0 Å². The Morgan fingerprint density at radius 3 is 2.67 bits per heavy atom. The zero-order valence-electron chi connectivity index (χ0n) is 5.81. The molecule has 7 heteroatoms. The first-order valence-corrected chi connectivity index (χ1v) is 3.07. The Morgan fingerprint density at radius 1 is 1.58 bits per heavy atom. The van der Waals surface area contributed by atoms with Crippen LogP contribution in [0.4, 0.5) is 13.2 Å². The Kier molecular flexibility index (Phi) is 2.20. The number of amidine groups is 1. The van der Waals surface area contributed by atoms with Crippen LogP contribution in [0.1, 0.15) is 0 Å². The van der Waals surface area contributed by atoms with Crippen LogP contribution in [0, 0.1) is 0 Å². The highest BCUT2D eigenvalue weighted by atomic mass is 19.4. The molecule has 1 N–H and O–H groups in total. The van der Waals surface area contributed by atoms with Crippen LogP contribution in [0.15, 0.2) is 4.99 Å². The normalized spacial score (nSPS) is 16.8. The van der Waals surface area contributed by atoms with Crippen molar-refractivity contribution in [3.05, 3.63) is 0 Å². The van der Waals surface area contributed by atoms with Gasteiger partial charge in [-0.05, 0) is 0 Å². The molecular formula is C5H5F3N2O2. The van der Waals surface area contributed by atoms with Crippen molar-refractivity contribution in [1.29, 1.82) is 0 Å². The molecule has 0 aromatic rings. The highest BCUT2D eigenvalue weighted by Gasteiger charge is 2.42. The van der Waals surface area contributed by atoms with Crippen molar-refractivity contribution in [2.24, 2.45) is 4.99 Å². The van der Waals surface area contributed by atoms with Crippen molar-refractivity contribution in [3.63, 3.8) is 0 Å². The van der Waals surface area contributed by atoms with Crippen LogP contribution in [0.2, 0.25) is 0 Å². The Morgan fingerprint density at radius 2 is 2.25 bits per heavy atom. The third-order valence-corrected chi connectivity index (χ3v) is 1.06. The van der Waals surface area contributed by atoms with Gasteiger partial charge in [-0.25, -0.2) is 9.79 Å². The number of rotatable bonds is 0. The molecule has 0 saturated carbocycles. The van der Waals surface area contributed by atoms with Crippen molar-refractivity contribution < 1.29 is 22.7 Å². The lowest BCUT2D eigenvalue weighted by Crippen LogP contribution is -2.32. The second-order valence-electron chi connectivity index (χ2n) is 2.00. The Balaban J connectivity index is 2.46. The van der Waals surface area contributed by atoms with E-state index in [2.05, 4.69) is 15.0 Å². The average molecular weight is 182 g/mol. The van der Waals surface area contributed by atoms with Gasteiger partial charge in [0.2, 0.25) is 0 Å². The average Bonchev–Trinajstić information content (AvgIpc) is 2.37. The molecule has 0 atom stereocenters. The number of carbonyl (C=O) groups excluding carboxylic acids is 1. The molecule has 12 heavy (non-hydrogen) atoms. The molecule has 4 nitrogen and oxygen atoms in total. The number of nitrogens with zero attached hydrogens (tertiary/aromatic N) is 1. The van der Waals surface area contributed by atoms with Crippen LogP contribution in [0.25, 0.3) is 0 Å². The molecule has 0 radical (unpaired) electrons. The number of hydrogen-bond acceptors (Lipinski definition) is 4. The largest absolute Gasteiger partial charge is 0.491 e. The first-order valence-electron chi connectivity index (χ1n) is 3.07. The van der Waals surface area contributed by atoms with Gasteiger partial charge in [-0.1, -0.05) is 0 Å². The van der Waals surface area contributed by atoms with E-state index in [0.29, 0.717) is 13.1 Å². The number of halogens is 3. The van der Waals surface area contributed by atoms with E-state index in [-0.39, 0.29) is 6.02 Å². The molecular weight excluding hydrogens is 177 g/mol. The van der Waals surface area contributed by atoms with Gasteiger partial charge < -0.3 is 10.1 Å². The lowest BCUT2D eigenvalue weighted by Gasteiger charge is -2.05. The van der Waals surface area contributed by atoms with E-state index in [1.807, 2.05) is 0 Å². The summed E-state index contributed by atoms with van der Waals surface area (Å²) >= 11 is 0. The van der Waals surface area contributed by atoms with Gasteiger partial charge in [0.1, 0.15) is 0 Å². The van der Waals surface area contributed by atoms with E-state index >= 15 is 0 Å². The first kappa shape index (κ1) is 8.82. The molecule has 0 fully saturated rings. The fourth-order valence-corrected chi connectivity index (χ4v) is 0.590. The molecule has 1 aliphatic heterocycles. The van der Waals surface area contributed by atoms with Gasteiger partial charge in [0, 0.05) is 6.54 Å². The van der Waals surface area contributed by atoms with Crippen molar-refractivity contribution >= 4 is 12.0 Å². The summed E-state index contributed by atoms with van der Waals surface area (Å²) in [5.74, 6) is -2.25. The predicted molar refractivity (Wildman–Crippen MR) is 32.5 cm³/mol. The summed E-state index contributed by atoms with van der Waals surface area (Å²) in [4.78, 5) is 13.6. The van der Waals surface area contributed by atoms with Gasteiger partial charge in [-0.2, -0.15) is 13.2 Å². The minimum absolute atomic E-state index is 0.320.